The van der Waals surface area contributed by atoms with Crippen molar-refractivity contribution in [2.75, 3.05) is 13.7 Å². The summed E-state index contributed by atoms with van der Waals surface area (Å²) in [5.41, 5.74) is 4.14. The minimum absolute atomic E-state index is 0.171. The fourth-order valence-corrected chi connectivity index (χ4v) is 2.85. The first kappa shape index (κ1) is 17.7. The van der Waals surface area contributed by atoms with E-state index >= 15 is 0 Å². The van der Waals surface area contributed by atoms with Gasteiger partial charge in [-0.2, -0.15) is 0 Å². The number of aromatic nitrogens is 1. The summed E-state index contributed by atoms with van der Waals surface area (Å²) >= 11 is 0. The molecule has 5 heteroatoms. The average molecular weight is 350 g/mol. The van der Waals surface area contributed by atoms with Gasteiger partial charge < -0.3 is 14.6 Å². The molecule has 5 nitrogen and oxygen atoms in total. The van der Waals surface area contributed by atoms with E-state index in [0.717, 1.165) is 28.9 Å². The van der Waals surface area contributed by atoms with Crippen molar-refractivity contribution in [2.24, 2.45) is 0 Å². The van der Waals surface area contributed by atoms with Gasteiger partial charge in [0.25, 0.3) is 5.91 Å². The second kappa shape index (κ2) is 7.87. The van der Waals surface area contributed by atoms with Crippen LogP contribution < -0.4 is 10.1 Å². The van der Waals surface area contributed by atoms with E-state index in [1.165, 1.54) is 0 Å². The lowest BCUT2D eigenvalue weighted by atomic mass is 10.0. The molecule has 3 aromatic rings. The van der Waals surface area contributed by atoms with Gasteiger partial charge in [-0.05, 0) is 43.5 Å². The molecule has 0 aliphatic carbocycles. The van der Waals surface area contributed by atoms with E-state index in [0.29, 0.717) is 23.6 Å². The lowest BCUT2D eigenvalue weighted by Crippen LogP contribution is -2.26. The number of methoxy groups -OCH3 is 1. The van der Waals surface area contributed by atoms with Crippen LogP contribution in [-0.4, -0.2) is 24.7 Å². The number of nitrogens with one attached hydrogen (secondary N) is 1. The Morgan fingerprint density at radius 2 is 1.85 bits per heavy atom. The highest BCUT2D eigenvalue weighted by molar-refractivity contribution is 6.00. The second-order valence-electron chi connectivity index (χ2n) is 6.14. The topological polar surface area (TPSA) is 64.4 Å². The number of hydrogen-bond acceptors (Lipinski definition) is 4. The van der Waals surface area contributed by atoms with Crippen LogP contribution in [0, 0.1) is 13.8 Å². The van der Waals surface area contributed by atoms with Crippen molar-refractivity contribution in [1.29, 1.82) is 0 Å². The largest absolute Gasteiger partial charge is 0.497 e. The quantitative estimate of drug-likeness (QED) is 0.731. The molecule has 1 amide bonds. The summed E-state index contributed by atoms with van der Waals surface area (Å²) in [7, 11) is 1.64. The first-order valence-corrected chi connectivity index (χ1v) is 8.53. The van der Waals surface area contributed by atoms with Crippen LogP contribution in [-0.2, 0) is 6.42 Å². The summed E-state index contributed by atoms with van der Waals surface area (Å²) < 4.78 is 10.6. The maximum absolute atomic E-state index is 12.7. The van der Waals surface area contributed by atoms with Gasteiger partial charge in [0.15, 0.2) is 5.76 Å². The zero-order valence-electron chi connectivity index (χ0n) is 15.2. The van der Waals surface area contributed by atoms with Gasteiger partial charge in [-0.3, -0.25) is 4.79 Å². The number of amides is 1. The normalized spacial score (nSPS) is 10.6. The summed E-state index contributed by atoms with van der Waals surface area (Å²) in [4.78, 5) is 12.7. The molecule has 0 atom stereocenters. The molecule has 3 rings (SSSR count). The van der Waals surface area contributed by atoms with E-state index in [1.807, 2.05) is 55.5 Å². The van der Waals surface area contributed by atoms with Crippen LogP contribution >= 0.6 is 0 Å². The van der Waals surface area contributed by atoms with Crippen LogP contribution in [0.5, 0.6) is 5.75 Å². The van der Waals surface area contributed by atoms with Crippen LogP contribution in [0.1, 0.15) is 27.2 Å². The molecule has 26 heavy (non-hydrogen) atoms. The van der Waals surface area contributed by atoms with Crippen molar-refractivity contribution < 1.29 is 14.1 Å². The third kappa shape index (κ3) is 3.77. The lowest BCUT2D eigenvalue weighted by molar-refractivity contribution is 0.0954. The monoisotopic (exact) mass is 350 g/mol. The van der Waals surface area contributed by atoms with Crippen molar-refractivity contribution in [3.63, 3.8) is 0 Å². The highest BCUT2D eigenvalue weighted by Crippen LogP contribution is 2.28. The third-order valence-corrected chi connectivity index (χ3v) is 4.34. The Morgan fingerprint density at radius 3 is 2.54 bits per heavy atom. The molecule has 0 saturated carbocycles. The molecule has 0 fully saturated rings. The maximum Gasteiger partial charge on any atom is 0.257 e. The molecule has 1 heterocycles. The van der Waals surface area contributed by atoms with Crippen LogP contribution in [0.15, 0.2) is 53.1 Å². The number of carbonyl (C=O) groups is 1. The molecule has 2 aromatic carbocycles. The minimum Gasteiger partial charge on any atom is -0.497 e. The third-order valence-electron chi connectivity index (χ3n) is 4.34. The predicted molar refractivity (Wildman–Crippen MR) is 100 cm³/mol. The van der Waals surface area contributed by atoms with Crippen LogP contribution in [0.25, 0.3) is 11.3 Å². The first-order valence-electron chi connectivity index (χ1n) is 8.53. The highest BCUT2D eigenvalue weighted by Gasteiger charge is 2.22. The Labute approximate surface area is 153 Å². The maximum atomic E-state index is 12.7. The van der Waals surface area contributed by atoms with E-state index in [1.54, 1.807) is 14.0 Å². The Morgan fingerprint density at radius 1 is 1.12 bits per heavy atom. The summed E-state index contributed by atoms with van der Waals surface area (Å²) in [6.45, 7) is 4.30. The Bertz CT molecular complexity index is 898. The average Bonchev–Trinajstić information content (AvgIpc) is 3.04. The van der Waals surface area contributed by atoms with Crippen LogP contribution in [0.3, 0.4) is 0 Å². The molecule has 0 spiro atoms. The Kier molecular flexibility index (Phi) is 5.37. The number of rotatable bonds is 6. The molecule has 0 aliphatic rings. The number of ether oxygens (including phenoxy) is 1. The highest BCUT2D eigenvalue weighted by atomic mass is 16.5. The van der Waals surface area contributed by atoms with Crippen molar-refractivity contribution in [2.45, 2.75) is 20.3 Å². The van der Waals surface area contributed by atoms with Gasteiger partial charge in [-0.1, -0.05) is 41.6 Å². The van der Waals surface area contributed by atoms with Gasteiger partial charge in [0.05, 0.1) is 12.8 Å². The standard InChI is InChI=1S/C21H22N2O3/c1-14-6-4-5-7-18(14)20-19(15(2)23-26-20)21(24)22-13-12-16-8-10-17(25-3)11-9-16/h4-11H,12-13H2,1-3H3,(H,22,24). The van der Waals surface area contributed by atoms with Crippen molar-refractivity contribution in [3.8, 4) is 17.1 Å². The van der Waals surface area contributed by atoms with Crippen LogP contribution in [0.2, 0.25) is 0 Å². The molecule has 134 valence electrons. The number of aryl methyl sites for hydroxylation is 2. The van der Waals surface area contributed by atoms with Gasteiger partial charge >= 0.3 is 0 Å². The van der Waals surface area contributed by atoms with E-state index in [2.05, 4.69) is 10.5 Å². The lowest BCUT2D eigenvalue weighted by Gasteiger charge is -2.08. The smallest absolute Gasteiger partial charge is 0.257 e. The van der Waals surface area contributed by atoms with Gasteiger partial charge in [-0.15, -0.1) is 0 Å². The molecule has 0 bridgehead atoms. The molecule has 0 unspecified atom stereocenters. The number of nitrogens with zero attached hydrogens (tertiary/aromatic N) is 1. The molecule has 0 saturated heterocycles. The summed E-state index contributed by atoms with van der Waals surface area (Å²) in [6, 6.07) is 15.6. The van der Waals surface area contributed by atoms with E-state index in [-0.39, 0.29) is 5.91 Å². The fourth-order valence-electron chi connectivity index (χ4n) is 2.85. The minimum atomic E-state index is -0.171. The van der Waals surface area contributed by atoms with E-state index < -0.39 is 0 Å². The van der Waals surface area contributed by atoms with Crippen molar-refractivity contribution in [3.05, 3.63) is 70.9 Å². The zero-order chi connectivity index (χ0) is 18.5. The summed E-state index contributed by atoms with van der Waals surface area (Å²) in [5, 5.41) is 6.95. The van der Waals surface area contributed by atoms with E-state index in [4.69, 9.17) is 9.26 Å². The summed E-state index contributed by atoms with van der Waals surface area (Å²) in [6.07, 6.45) is 0.736. The summed E-state index contributed by atoms with van der Waals surface area (Å²) in [5.74, 6) is 1.17. The van der Waals surface area contributed by atoms with Crippen LogP contribution in [0.4, 0.5) is 0 Å². The molecule has 1 N–H and O–H groups in total. The molecule has 0 radical (unpaired) electrons. The van der Waals surface area contributed by atoms with Gasteiger partial charge in [0.2, 0.25) is 0 Å². The van der Waals surface area contributed by atoms with Gasteiger partial charge in [0, 0.05) is 12.1 Å². The fraction of sp³-hybridized carbons (Fsp3) is 0.238. The molecular formula is C21H22N2O3. The zero-order valence-corrected chi connectivity index (χ0v) is 15.2. The number of hydrogen-bond donors (Lipinski definition) is 1. The predicted octanol–water partition coefficient (Wildman–Crippen LogP) is 3.94. The van der Waals surface area contributed by atoms with Gasteiger partial charge in [-0.25, -0.2) is 0 Å². The second-order valence-corrected chi connectivity index (χ2v) is 6.14. The SMILES string of the molecule is COc1ccc(CCNC(=O)c2c(C)noc2-c2ccccc2C)cc1. The van der Waals surface area contributed by atoms with Crippen molar-refractivity contribution >= 4 is 5.91 Å². The number of benzene rings is 2. The van der Waals surface area contributed by atoms with Gasteiger partial charge in [0.1, 0.15) is 11.3 Å². The number of carbonyl (C=O) groups excluding carboxylic acids is 1. The Hall–Kier alpha value is -3.08. The molecule has 0 aliphatic heterocycles. The first-order chi connectivity index (χ1) is 12.6. The van der Waals surface area contributed by atoms with E-state index in [9.17, 15) is 4.79 Å². The Balaban J connectivity index is 1.70. The molecule has 1 aromatic heterocycles. The molecular weight excluding hydrogens is 328 g/mol. The van der Waals surface area contributed by atoms with Crippen molar-refractivity contribution in [1.82, 2.24) is 10.5 Å².